The molecule has 0 spiro atoms. The van der Waals surface area contributed by atoms with Crippen LogP contribution < -0.4 is 0 Å². The smallest absolute Gasteiger partial charge is 0.255 e. The zero-order valence-electron chi connectivity index (χ0n) is 8.57. The van der Waals surface area contributed by atoms with E-state index in [-0.39, 0.29) is 15.9 Å². The Morgan fingerprint density at radius 2 is 1.88 bits per heavy atom. The van der Waals surface area contributed by atoms with Gasteiger partial charge in [-0.15, -0.1) is 0 Å². The molecule has 0 unspecified atom stereocenters. The molecule has 2 aromatic rings. The van der Waals surface area contributed by atoms with Gasteiger partial charge in [0, 0.05) is 11.6 Å². The van der Waals surface area contributed by atoms with Crippen molar-refractivity contribution in [2.24, 2.45) is 0 Å². The molecule has 0 aliphatic heterocycles. The molecular formula is C11H6ClF4N. The number of benzene rings is 1. The molecule has 1 heterocycles. The van der Waals surface area contributed by atoms with Crippen LogP contribution in [0, 0.1) is 12.7 Å². The maximum atomic E-state index is 13.2. The Labute approximate surface area is 99.0 Å². The second-order valence-electron chi connectivity index (χ2n) is 3.60. The molecule has 0 amide bonds. The number of aromatic nitrogens is 1. The van der Waals surface area contributed by atoms with Crippen molar-refractivity contribution in [3.8, 4) is 0 Å². The van der Waals surface area contributed by atoms with Crippen molar-refractivity contribution < 1.29 is 17.6 Å². The molecule has 1 aromatic heterocycles. The lowest BCUT2D eigenvalue weighted by molar-refractivity contribution is -0.136. The highest BCUT2D eigenvalue weighted by Crippen LogP contribution is 2.37. The minimum Gasteiger partial charge on any atom is -0.255 e. The number of pyridine rings is 1. The topological polar surface area (TPSA) is 12.9 Å². The van der Waals surface area contributed by atoms with E-state index in [1.807, 2.05) is 0 Å². The quantitative estimate of drug-likeness (QED) is 0.644. The van der Waals surface area contributed by atoms with Crippen molar-refractivity contribution in [1.29, 1.82) is 0 Å². The molecule has 0 saturated carbocycles. The maximum Gasteiger partial charge on any atom is 0.418 e. The summed E-state index contributed by atoms with van der Waals surface area (Å²) < 4.78 is 51.2. The summed E-state index contributed by atoms with van der Waals surface area (Å²) in [7, 11) is 0. The summed E-state index contributed by atoms with van der Waals surface area (Å²) in [4.78, 5) is 3.68. The summed E-state index contributed by atoms with van der Waals surface area (Å²) in [6.07, 6.45) is -3.43. The monoisotopic (exact) mass is 263 g/mol. The first-order valence-corrected chi connectivity index (χ1v) is 5.00. The molecule has 1 aromatic carbocycles. The van der Waals surface area contributed by atoms with E-state index in [0.29, 0.717) is 11.6 Å². The summed E-state index contributed by atoms with van der Waals surface area (Å²) in [5, 5.41) is 0.0546. The average molecular weight is 264 g/mol. The summed E-state index contributed by atoms with van der Waals surface area (Å²) >= 11 is 5.85. The van der Waals surface area contributed by atoms with E-state index in [9.17, 15) is 17.6 Å². The number of aryl methyl sites for hydroxylation is 1. The van der Waals surface area contributed by atoms with E-state index < -0.39 is 17.6 Å². The van der Waals surface area contributed by atoms with Gasteiger partial charge in [-0.2, -0.15) is 13.2 Å². The van der Waals surface area contributed by atoms with Gasteiger partial charge >= 0.3 is 6.18 Å². The highest BCUT2D eigenvalue weighted by molar-refractivity contribution is 6.36. The first-order valence-electron chi connectivity index (χ1n) is 4.62. The van der Waals surface area contributed by atoms with Gasteiger partial charge in [0.2, 0.25) is 0 Å². The molecule has 2 rings (SSSR count). The lowest BCUT2D eigenvalue weighted by Gasteiger charge is -2.11. The molecule has 1 nitrogen and oxygen atoms in total. The van der Waals surface area contributed by atoms with Crippen LogP contribution in [0.3, 0.4) is 0 Å². The molecule has 0 saturated heterocycles. The van der Waals surface area contributed by atoms with Crippen LogP contribution in [-0.2, 0) is 6.18 Å². The average Bonchev–Trinajstić information content (AvgIpc) is 2.22. The second kappa shape index (κ2) is 3.84. The number of alkyl halides is 3. The Morgan fingerprint density at radius 1 is 1.24 bits per heavy atom. The fraction of sp³-hybridized carbons (Fsp3) is 0.182. The molecule has 0 atom stereocenters. The van der Waals surface area contributed by atoms with Crippen LogP contribution in [0.15, 0.2) is 18.3 Å². The predicted octanol–water partition coefficient (Wildman–Crippen LogP) is 4.35. The van der Waals surface area contributed by atoms with Gasteiger partial charge in [0.25, 0.3) is 0 Å². The molecule has 90 valence electrons. The molecule has 17 heavy (non-hydrogen) atoms. The third-order valence-corrected chi connectivity index (χ3v) is 2.85. The van der Waals surface area contributed by atoms with Crippen molar-refractivity contribution in [3.05, 3.63) is 40.3 Å². The first kappa shape index (κ1) is 12.1. The summed E-state index contributed by atoms with van der Waals surface area (Å²) in [5.74, 6) is -0.987. The lowest BCUT2D eigenvalue weighted by Crippen LogP contribution is -2.07. The van der Waals surface area contributed by atoms with E-state index in [0.717, 1.165) is 6.07 Å². The van der Waals surface area contributed by atoms with E-state index >= 15 is 0 Å². The second-order valence-corrected chi connectivity index (χ2v) is 3.98. The Kier molecular flexibility index (Phi) is 2.73. The van der Waals surface area contributed by atoms with Crippen LogP contribution >= 0.6 is 11.6 Å². The Balaban J connectivity index is 2.92. The van der Waals surface area contributed by atoms with Crippen molar-refractivity contribution >= 4 is 22.5 Å². The van der Waals surface area contributed by atoms with Gasteiger partial charge in [0.1, 0.15) is 5.82 Å². The number of fused-ring (bicyclic) bond motifs is 1. The lowest BCUT2D eigenvalue weighted by atomic mass is 10.1. The van der Waals surface area contributed by atoms with Crippen LogP contribution in [0.25, 0.3) is 10.9 Å². The Bertz CT molecular complexity index is 592. The van der Waals surface area contributed by atoms with Crippen LogP contribution in [0.1, 0.15) is 11.1 Å². The fourth-order valence-electron chi connectivity index (χ4n) is 1.55. The molecule has 0 radical (unpaired) electrons. The van der Waals surface area contributed by atoms with Gasteiger partial charge in [-0.1, -0.05) is 11.6 Å². The van der Waals surface area contributed by atoms with Crippen molar-refractivity contribution in [2.75, 3.05) is 0 Å². The third kappa shape index (κ3) is 2.07. The van der Waals surface area contributed by atoms with E-state index in [2.05, 4.69) is 4.98 Å². The van der Waals surface area contributed by atoms with Crippen LogP contribution in [-0.4, -0.2) is 4.98 Å². The van der Waals surface area contributed by atoms with Crippen LogP contribution in [0.5, 0.6) is 0 Å². The maximum absolute atomic E-state index is 13.2. The highest BCUT2D eigenvalue weighted by atomic mass is 35.5. The van der Waals surface area contributed by atoms with Gasteiger partial charge in [0.15, 0.2) is 0 Å². The molecule has 6 heteroatoms. The molecule has 0 fully saturated rings. The zero-order valence-corrected chi connectivity index (χ0v) is 9.33. The number of rotatable bonds is 0. The van der Waals surface area contributed by atoms with Crippen molar-refractivity contribution in [1.82, 2.24) is 4.98 Å². The van der Waals surface area contributed by atoms with Gasteiger partial charge in [-0.05, 0) is 24.6 Å². The number of nitrogens with zero attached hydrogens (tertiary/aromatic N) is 1. The molecular weight excluding hydrogens is 258 g/mol. The normalized spacial score (nSPS) is 12.1. The predicted molar refractivity (Wildman–Crippen MR) is 56.5 cm³/mol. The molecule has 0 aliphatic rings. The van der Waals surface area contributed by atoms with Gasteiger partial charge < -0.3 is 0 Å². The van der Waals surface area contributed by atoms with Gasteiger partial charge in [-0.25, -0.2) is 4.39 Å². The van der Waals surface area contributed by atoms with Crippen LogP contribution in [0.4, 0.5) is 17.6 Å². The summed E-state index contributed by atoms with van der Waals surface area (Å²) in [6, 6.07) is 1.37. The fourth-order valence-corrected chi connectivity index (χ4v) is 1.75. The zero-order chi connectivity index (χ0) is 12.8. The molecule has 0 N–H and O–H groups in total. The van der Waals surface area contributed by atoms with Crippen molar-refractivity contribution in [2.45, 2.75) is 13.1 Å². The van der Waals surface area contributed by atoms with Crippen molar-refractivity contribution in [3.63, 3.8) is 0 Å². The van der Waals surface area contributed by atoms with E-state index in [1.165, 1.54) is 6.20 Å². The number of hydrogen-bond acceptors (Lipinski definition) is 1. The minimum absolute atomic E-state index is 0.0287. The minimum atomic E-state index is -4.66. The summed E-state index contributed by atoms with van der Waals surface area (Å²) in [6.45, 7) is 1.59. The molecule has 0 bridgehead atoms. The highest BCUT2D eigenvalue weighted by Gasteiger charge is 2.34. The Morgan fingerprint density at radius 3 is 2.47 bits per heavy atom. The Hall–Kier alpha value is -1.36. The van der Waals surface area contributed by atoms with Gasteiger partial charge in [0.05, 0.1) is 16.1 Å². The van der Waals surface area contributed by atoms with Crippen LogP contribution in [0.2, 0.25) is 5.02 Å². The number of hydrogen-bond donors (Lipinski definition) is 0. The van der Waals surface area contributed by atoms with E-state index in [4.69, 9.17) is 11.6 Å². The molecule has 0 aliphatic carbocycles. The number of halogens is 5. The van der Waals surface area contributed by atoms with E-state index in [1.54, 1.807) is 6.92 Å². The largest absolute Gasteiger partial charge is 0.418 e. The summed E-state index contributed by atoms with van der Waals surface area (Å²) in [5.41, 5.74) is -0.957. The standard InChI is InChI=1S/C11H6ClF4N/c1-5-4-17-10-7(9(5)12)2-6(13)3-8(10)11(14,15)16/h2-4H,1H3. The SMILES string of the molecule is Cc1cnc2c(C(F)(F)F)cc(F)cc2c1Cl. The first-order chi connectivity index (χ1) is 7.80. The third-order valence-electron chi connectivity index (χ3n) is 2.35. The van der Waals surface area contributed by atoms with Gasteiger partial charge in [-0.3, -0.25) is 4.98 Å².